The predicted molar refractivity (Wildman–Crippen MR) is 93.9 cm³/mol. The molecule has 1 aliphatic heterocycles. The molecule has 130 valence electrons. The topological polar surface area (TPSA) is 48.3 Å². The summed E-state index contributed by atoms with van der Waals surface area (Å²) >= 11 is 0. The van der Waals surface area contributed by atoms with Crippen LogP contribution in [0, 0.1) is 0 Å². The molecule has 1 unspecified atom stereocenters. The molecule has 0 aliphatic carbocycles. The molecule has 2 aromatic rings. The van der Waals surface area contributed by atoms with Crippen LogP contribution in [-0.2, 0) is 22.4 Å². The van der Waals surface area contributed by atoms with Crippen molar-refractivity contribution < 1.29 is 9.47 Å². The Kier molecular flexibility index (Phi) is 6.01. The van der Waals surface area contributed by atoms with E-state index in [-0.39, 0.29) is 18.2 Å². The highest BCUT2D eigenvalue weighted by Crippen LogP contribution is 2.28. The summed E-state index contributed by atoms with van der Waals surface area (Å²) in [5.74, 6) is 1.02. The number of methoxy groups -OCH3 is 1. The third-order valence-electron chi connectivity index (χ3n) is 4.58. The van der Waals surface area contributed by atoms with E-state index in [2.05, 4.69) is 46.1 Å². The van der Waals surface area contributed by atoms with Gasteiger partial charge in [-0.25, -0.2) is 4.98 Å². The average molecular weight is 329 g/mol. The van der Waals surface area contributed by atoms with E-state index in [1.54, 1.807) is 7.11 Å². The SMILES string of the molecule is CCn1ccnc1[C@H]1OCC[C@@H]1NC(COC)Cc1ccccc1. The lowest BCUT2D eigenvalue weighted by atomic mass is 10.0. The summed E-state index contributed by atoms with van der Waals surface area (Å²) in [6, 6.07) is 11.1. The Bertz CT molecular complexity index is 614. The van der Waals surface area contributed by atoms with Crippen LogP contribution < -0.4 is 5.32 Å². The molecule has 0 spiro atoms. The van der Waals surface area contributed by atoms with E-state index in [1.165, 1.54) is 5.56 Å². The van der Waals surface area contributed by atoms with Crippen molar-refractivity contribution in [2.75, 3.05) is 20.3 Å². The standard InChI is InChI=1S/C19H27N3O2/c1-3-22-11-10-20-19(22)18-17(9-12-24-18)21-16(14-23-2)13-15-7-5-4-6-8-15/h4-8,10-11,16-18,21H,3,9,12-14H2,1-2H3/t16?,17-,18-/m0/s1. The first-order valence-electron chi connectivity index (χ1n) is 8.73. The number of aromatic nitrogens is 2. The van der Waals surface area contributed by atoms with Crippen molar-refractivity contribution in [2.24, 2.45) is 0 Å². The summed E-state index contributed by atoms with van der Waals surface area (Å²) in [5, 5.41) is 3.75. The molecule has 0 saturated carbocycles. The quantitative estimate of drug-likeness (QED) is 0.809. The second kappa shape index (κ2) is 8.42. The van der Waals surface area contributed by atoms with E-state index in [4.69, 9.17) is 9.47 Å². The maximum atomic E-state index is 6.00. The van der Waals surface area contributed by atoms with Gasteiger partial charge in [0.2, 0.25) is 0 Å². The number of rotatable bonds is 8. The van der Waals surface area contributed by atoms with E-state index in [1.807, 2.05) is 18.5 Å². The maximum absolute atomic E-state index is 6.00. The minimum atomic E-state index is 0.00933. The monoisotopic (exact) mass is 329 g/mol. The number of imidazole rings is 1. The Labute approximate surface area is 144 Å². The fraction of sp³-hybridized carbons (Fsp3) is 0.526. The molecular formula is C19H27N3O2. The molecule has 24 heavy (non-hydrogen) atoms. The smallest absolute Gasteiger partial charge is 0.139 e. The van der Waals surface area contributed by atoms with Crippen LogP contribution in [-0.4, -0.2) is 42.0 Å². The fourth-order valence-electron chi connectivity index (χ4n) is 3.43. The van der Waals surface area contributed by atoms with Crippen LogP contribution in [0.5, 0.6) is 0 Å². The molecule has 1 fully saturated rings. The molecule has 3 rings (SSSR count). The number of hydrogen-bond acceptors (Lipinski definition) is 4. The van der Waals surface area contributed by atoms with Gasteiger partial charge in [-0.2, -0.15) is 0 Å². The molecule has 1 N–H and O–H groups in total. The molecule has 1 aromatic carbocycles. The van der Waals surface area contributed by atoms with Crippen LogP contribution in [0.4, 0.5) is 0 Å². The highest BCUT2D eigenvalue weighted by Gasteiger charge is 2.34. The van der Waals surface area contributed by atoms with Gasteiger partial charge in [0, 0.05) is 44.7 Å². The zero-order valence-corrected chi connectivity index (χ0v) is 14.5. The van der Waals surface area contributed by atoms with Gasteiger partial charge in [0.05, 0.1) is 6.61 Å². The minimum absolute atomic E-state index is 0.00933. The van der Waals surface area contributed by atoms with Gasteiger partial charge in [-0.15, -0.1) is 0 Å². The molecular weight excluding hydrogens is 302 g/mol. The first-order chi connectivity index (χ1) is 11.8. The number of nitrogens with zero attached hydrogens (tertiary/aromatic N) is 2. The van der Waals surface area contributed by atoms with Gasteiger partial charge in [-0.1, -0.05) is 30.3 Å². The first-order valence-corrected chi connectivity index (χ1v) is 8.73. The molecule has 0 bridgehead atoms. The summed E-state index contributed by atoms with van der Waals surface area (Å²) in [6.07, 6.45) is 5.82. The maximum Gasteiger partial charge on any atom is 0.139 e. The van der Waals surface area contributed by atoms with Gasteiger partial charge in [0.15, 0.2) is 0 Å². The summed E-state index contributed by atoms with van der Waals surface area (Å²) in [7, 11) is 1.76. The van der Waals surface area contributed by atoms with Crippen molar-refractivity contribution in [3.63, 3.8) is 0 Å². The van der Waals surface area contributed by atoms with E-state index in [0.717, 1.165) is 31.8 Å². The van der Waals surface area contributed by atoms with Gasteiger partial charge in [0.1, 0.15) is 11.9 Å². The van der Waals surface area contributed by atoms with Crippen molar-refractivity contribution >= 4 is 0 Å². The van der Waals surface area contributed by atoms with Gasteiger partial charge >= 0.3 is 0 Å². The van der Waals surface area contributed by atoms with Gasteiger partial charge in [-0.05, 0) is 25.3 Å². The molecule has 1 aromatic heterocycles. The first kappa shape index (κ1) is 17.1. The predicted octanol–water partition coefficient (Wildman–Crippen LogP) is 2.58. The van der Waals surface area contributed by atoms with Gasteiger partial charge in [-0.3, -0.25) is 0 Å². The number of benzene rings is 1. The second-order valence-electron chi connectivity index (χ2n) is 6.27. The summed E-state index contributed by atoms with van der Waals surface area (Å²) in [6.45, 7) is 4.49. The van der Waals surface area contributed by atoms with E-state index < -0.39 is 0 Å². The van der Waals surface area contributed by atoms with Crippen molar-refractivity contribution in [1.29, 1.82) is 0 Å². The van der Waals surface area contributed by atoms with Crippen LogP contribution in [0.2, 0.25) is 0 Å². The number of ether oxygens (including phenoxy) is 2. The zero-order valence-electron chi connectivity index (χ0n) is 14.5. The lowest BCUT2D eigenvalue weighted by Crippen LogP contribution is -2.44. The van der Waals surface area contributed by atoms with Crippen LogP contribution in [0.15, 0.2) is 42.7 Å². The largest absolute Gasteiger partial charge is 0.383 e. The van der Waals surface area contributed by atoms with Crippen LogP contribution in [0.1, 0.15) is 30.8 Å². The van der Waals surface area contributed by atoms with Crippen molar-refractivity contribution in [1.82, 2.24) is 14.9 Å². The summed E-state index contributed by atoms with van der Waals surface area (Å²) in [4.78, 5) is 4.52. The Hall–Kier alpha value is -1.69. The molecule has 5 nitrogen and oxygen atoms in total. The van der Waals surface area contributed by atoms with Crippen LogP contribution in [0.25, 0.3) is 0 Å². The van der Waals surface area contributed by atoms with Gasteiger partial charge < -0.3 is 19.4 Å². The van der Waals surface area contributed by atoms with Crippen LogP contribution in [0.3, 0.4) is 0 Å². The molecule has 2 heterocycles. The molecule has 0 radical (unpaired) electrons. The Morgan fingerprint density at radius 2 is 2.21 bits per heavy atom. The van der Waals surface area contributed by atoms with E-state index in [9.17, 15) is 0 Å². The lowest BCUT2D eigenvalue weighted by molar-refractivity contribution is 0.0810. The average Bonchev–Trinajstić information content (AvgIpc) is 3.24. The van der Waals surface area contributed by atoms with Crippen molar-refractivity contribution in [2.45, 2.75) is 44.5 Å². The Balaban J connectivity index is 1.69. The minimum Gasteiger partial charge on any atom is -0.383 e. The molecule has 5 heteroatoms. The molecule has 1 aliphatic rings. The Morgan fingerprint density at radius 3 is 2.96 bits per heavy atom. The highest BCUT2D eigenvalue weighted by molar-refractivity contribution is 5.16. The number of nitrogens with one attached hydrogen (secondary N) is 1. The summed E-state index contributed by atoms with van der Waals surface area (Å²) < 4.78 is 13.6. The molecule has 3 atom stereocenters. The number of aryl methyl sites for hydroxylation is 1. The van der Waals surface area contributed by atoms with E-state index >= 15 is 0 Å². The summed E-state index contributed by atoms with van der Waals surface area (Å²) in [5.41, 5.74) is 1.32. The third-order valence-corrected chi connectivity index (χ3v) is 4.58. The fourth-order valence-corrected chi connectivity index (χ4v) is 3.43. The highest BCUT2D eigenvalue weighted by atomic mass is 16.5. The third kappa shape index (κ3) is 4.04. The normalized spacial score (nSPS) is 21.9. The molecule has 1 saturated heterocycles. The Morgan fingerprint density at radius 1 is 1.38 bits per heavy atom. The number of hydrogen-bond donors (Lipinski definition) is 1. The second-order valence-corrected chi connectivity index (χ2v) is 6.27. The molecule has 0 amide bonds. The zero-order chi connectivity index (χ0) is 16.8. The van der Waals surface area contributed by atoms with Crippen LogP contribution >= 0.6 is 0 Å². The lowest BCUT2D eigenvalue weighted by Gasteiger charge is -2.26. The van der Waals surface area contributed by atoms with Gasteiger partial charge in [0.25, 0.3) is 0 Å². The van der Waals surface area contributed by atoms with Crippen molar-refractivity contribution in [3.8, 4) is 0 Å². The van der Waals surface area contributed by atoms with Crippen molar-refractivity contribution in [3.05, 3.63) is 54.1 Å². The van der Waals surface area contributed by atoms with E-state index in [0.29, 0.717) is 6.61 Å².